The number of carbonyl (C=O) groups excluding carboxylic acids is 1. The normalized spacial score (nSPS) is 14.2. The van der Waals surface area contributed by atoms with Crippen LogP contribution in [0.5, 0.6) is 0 Å². The molecule has 0 atom stereocenters. The minimum absolute atomic E-state index is 0. The van der Waals surface area contributed by atoms with Crippen molar-refractivity contribution in [3.8, 4) is 10.6 Å². The fraction of sp³-hybridized carbons (Fsp3) is 0.519. The number of anilines is 2. The van der Waals surface area contributed by atoms with Gasteiger partial charge in [0.15, 0.2) is 5.13 Å². The summed E-state index contributed by atoms with van der Waals surface area (Å²) in [5.74, 6) is 0.325. The van der Waals surface area contributed by atoms with Crippen LogP contribution in [-0.2, 0) is 16.6 Å². The Morgan fingerprint density at radius 1 is 1.21 bits per heavy atom. The average molecular weight is 711 g/mol. The minimum atomic E-state index is -3.18. The molecule has 0 unspecified atom stereocenters. The standard InChI is InChI=1S/C27H37Cl2N7O3S3.ClH/c1-4-5-10-35(2)16-23-24(22-14-19(28)17-40-22)33-27(41-23)34-26(37)18-13-21(29)25(31-15-18)36-11-6-20(7-12-36)30-8-9-32-42(3,38)39;/h13-15,17,20,30,32H,4-12,16H2,1-3H3,(H,33,34,37);1H. The number of nitrogens with one attached hydrogen (secondary N) is 3. The minimum Gasteiger partial charge on any atom is -0.355 e. The van der Waals surface area contributed by atoms with Crippen LogP contribution in [0.3, 0.4) is 0 Å². The number of aromatic nitrogens is 2. The van der Waals surface area contributed by atoms with E-state index in [2.05, 4.69) is 44.1 Å². The number of unbranched alkanes of at least 4 members (excludes halogenated alkanes) is 1. The van der Waals surface area contributed by atoms with E-state index in [0.29, 0.717) is 39.6 Å². The lowest BCUT2D eigenvalue weighted by Gasteiger charge is -2.33. The Bertz CT molecular complexity index is 1460. The van der Waals surface area contributed by atoms with Crippen LogP contribution in [0.15, 0.2) is 23.7 Å². The first-order chi connectivity index (χ1) is 20.0. The van der Waals surface area contributed by atoms with Crippen LogP contribution in [0.1, 0.15) is 47.8 Å². The van der Waals surface area contributed by atoms with Crippen molar-refractivity contribution in [2.45, 2.75) is 45.2 Å². The number of rotatable bonds is 14. The first-order valence-corrected chi connectivity index (χ1v) is 18.2. The van der Waals surface area contributed by atoms with Crippen LogP contribution >= 0.6 is 58.3 Å². The Morgan fingerprint density at radius 3 is 2.58 bits per heavy atom. The van der Waals surface area contributed by atoms with Crippen LogP contribution in [-0.4, -0.2) is 81.3 Å². The number of hydrogen-bond donors (Lipinski definition) is 3. The molecule has 1 amide bonds. The van der Waals surface area contributed by atoms with Crippen molar-refractivity contribution in [3.63, 3.8) is 0 Å². The van der Waals surface area contributed by atoms with Crippen molar-refractivity contribution in [3.05, 3.63) is 44.2 Å². The lowest BCUT2D eigenvalue weighted by atomic mass is 10.0. The molecule has 3 N–H and O–H groups in total. The third-order valence-corrected chi connectivity index (χ3v) is 10.1. The van der Waals surface area contributed by atoms with Gasteiger partial charge in [0.1, 0.15) is 5.82 Å². The molecule has 1 aliphatic heterocycles. The number of sulfonamides is 1. The molecule has 4 rings (SSSR count). The summed E-state index contributed by atoms with van der Waals surface area (Å²) in [7, 11) is -1.09. The summed E-state index contributed by atoms with van der Waals surface area (Å²) in [4.78, 5) is 28.9. The average Bonchev–Trinajstić information content (AvgIpc) is 3.55. The number of piperidine rings is 1. The monoisotopic (exact) mass is 709 g/mol. The molecule has 43 heavy (non-hydrogen) atoms. The first-order valence-electron chi connectivity index (χ1n) is 13.8. The Labute approximate surface area is 278 Å². The van der Waals surface area contributed by atoms with Crippen molar-refractivity contribution in [1.29, 1.82) is 0 Å². The van der Waals surface area contributed by atoms with Crippen molar-refractivity contribution in [1.82, 2.24) is 24.9 Å². The molecule has 0 saturated carbocycles. The molecule has 4 heterocycles. The number of pyridine rings is 1. The highest BCUT2D eigenvalue weighted by molar-refractivity contribution is 7.88. The van der Waals surface area contributed by atoms with Gasteiger partial charge in [0, 0.05) is 55.2 Å². The molecular weight excluding hydrogens is 673 g/mol. The molecule has 0 spiro atoms. The van der Waals surface area contributed by atoms with E-state index in [1.165, 1.54) is 22.7 Å². The number of nitrogens with zero attached hydrogens (tertiary/aromatic N) is 4. The summed E-state index contributed by atoms with van der Waals surface area (Å²) >= 11 is 15.8. The smallest absolute Gasteiger partial charge is 0.259 e. The van der Waals surface area contributed by atoms with E-state index in [1.807, 2.05) is 11.4 Å². The van der Waals surface area contributed by atoms with Gasteiger partial charge >= 0.3 is 0 Å². The largest absolute Gasteiger partial charge is 0.355 e. The van der Waals surface area contributed by atoms with Crippen molar-refractivity contribution in [2.24, 2.45) is 0 Å². The summed E-state index contributed by atoms with van der Waals surface area (Å²) in [6.07, 6.45) is 6.68. The number of thiophene rings is 1. The molecule has 10 nitrogen and oxygen atoms in total. The van der Waals surface area contributed by atoms with Gasteiger partial charge in [-0.2, -0.15) is 0 Å². The van der Waals surface area contributed by atoms with E-state index in [0.717, 1.165) is 73.6 Å². The second kappa shape index (κ2) is 16.7. The first kappa shape index (κ1) is 35.9. The van der Waals surface area contributed by atoms with Crippen molar-refractivity contribution in [2.75, 3.05) is 56.2 Å². The van der Waals surface area contributed by atoms with Crippen LogP contribution in [0, 0.1) is 0 Å². The lowest BCUT2D eigenvalue weighted by Crippen LogP contribution is -2.45. The Kier molecular flexibility index (Phi) is 13.9. The zero-order chi connectivity index (χ0) is 30.3. The Hall–Kier alpha value is -1.55. The predicted molar refractivity (Wildman–Crippen MR) is 182 cm³/mol. The summed E-state index contributed by atoms with van der Waals surface area (Å²) in [6.45, 7) is 6.31. The van der Waals surface area contributed by atoms with E-state index >= 15 is 0 Å². The Morgan fingerprint density at radius 2 is 1.95 bits per heavy atom. The number of halogens is 3. The molecule has 1 aliphatic rings. The van der Waals surface area contributed by atoms with Crippen LogP contribution in [0.4, 0.5) is 10.9 Å². The maximum atomic E-state index is 13.2. The van der Waals surface area contributed by atoms with Gasteiger partial charge < -0.3 is 15.1 Å². The molecule has 3 aromatic heterocycles. The highest BCUT2D eigenvalue weighted by atomic mass is 35.5. The lowest BCUT2D eigenvalue weighted by molar-refractivity contribution is 0.102. The van der Waals surface area contributed by atoms with Crippen molar-refractivity contribution < 1.29 is 13.2 Å². The van der Waals surface area contributed by atoms with Crippen LogP contribution in [0.25, 0.3) is 10.6 Å². The van der Waals surface area contributed by atoms with Gasteiger partial charge in [-0.1, -0.05) is 47.9 Å². The maximum absolute atomic E-state index is 13.2. The summed E-state index contributed by atoms with van der Waals surface area (Å²) in [5.41, 5.74) is 1.20. The third-order valence-electron chi connectivity index (χ3n) is 6.83. The van der Waals surface area contributed by atoms with Crippen LogP contribution < -0.4 is 20.3 Å². The summed E-state index contributed by atoms with van der Waals surface area (Å²) in [6, 6.07) is 3.84. The van der Waals surface area contributed by atoms with E-state index in [9.17, 15) is 13.2 Å². The molecule has 0 bridgehead atoms. The highest BCUT2D eigenvalue weighted by Gasteiger charge is 2.23. The molecule has 1 saturated heterocycles. The summed E-state index contributed by atoms with van der Waals surface area (Å²) < 4.78 is 24.9. The van der Waals surface area contributed by atoms with Gasteiger partial charge in [-0.3, -0.25) is 10.1 Å². The molecule has 3 aromatic rings. The molecular formula is C27H38Cl3N7O3S3. The summed E-state index contributed by atoms with van der Waals surface area (Å²) in [5, 5.41) is 9.81. The van der Waals surface area contributed by atoms with Gasteiger partial charge in [0.25, 0.3) is 5.91 Å². The molecule has 0 aliphatic carbocycles. The second-order valence-electron chi connectivity index (χ2n) is 10.4. The van der Waals surface area contributed by atoms with Gasteiger partial charge in [-0.25, -0.2) is 23.1 Å². The maximum Gasteiger partial charge on any atom is 0.259 e. The fourth-order valence-corrected chi connectivity index (χ4v) is 7.62. The van der Waals surface area contributed by atoms with E-state index in [1.54, 1.807) is 12.3 Å². The van der Waals surface area contributed by atoms with E-state index in [-0.39, 0.29) is 24.4 Å². The number of hydrogen-bond acceptors (Lipinski definition) is 10. The topological polar surface area (TPSA) is 120 Å². The number of amides is 1. The van der Waals surface area contributed by atoms with Gasteiger partial charge in [0.2, 0.25) is 10.0 Å². The zero-order valence-corrected chi connectivity index (χ0v) is 29.1. The second-order valence-corrected chi connectivity index (χ2v) is 15.0. The van der Waals surface area contributed by atoms with Crippen LogP contribution in [0.2, 0.25) is 10.0 Å². The third kappa shape index (κ3) is 10.8. The molecule has 238 valence electrons. The van der Waals surface area contributed by atoms with E-state index < -0.39 is 10.0 Å². The molecule has 16 heteroatoms. The predicted octanol–water partition coefficient (Wildman–Crippen LogP) is 5.59. The Balaban J connectivity index is 0.00000506. The number of carbonyl (C=O) groups is 1. The van der Waals surface area contributed by atoms with Crippen molar-refractivity contribution >= 4 is 85.2 Å². The molecule has 0 radical (unpaired) electrons. The SMILES string of the molecule is CCCCN(C)Cc1sc(NC(=O)c2cnc(N3CCC(NCCNS(C)(=O)=O)CC3)c(Cl)c2)nc1-c1cc(Cl)cs1.Cl. The zero-order valence-electron chi connectivity index (χ0n) is 24.4. The van der Waals surface area contributed by atoms with E-state index in [4.69, 9.17) is 28.2 Å². The van der Waals surface area contributed by atoms with Gasteiger partial charge in [0.05, 0.1) is 32.4 Å². The van der Waals surface area contributed by atoms with Gasteiger partial charge in [-0.05, 0) is 45.0 Å². The molecule has 1 fully saturated rings. The molecule has 0 aromatic carbocycles. The highest BCUT2D eigenvalue weighted by Crippen LogP contribution is 2.37. The fourth-order valence-electron chi connectivity index (χ4n) is 4.66. The van der Waals surface area contributed by atoms with Gasteiger partial charge in [-0.15, -0.1) is 23.7 Å². The number of thiazole rings is 1. The quantitative estimate of drug-likeness (QED) is 0.186.